The van der Waals surface area contributed by atoms with Crippen LogP contribution in [0, 0.1) is 6.92 Å². The summed E-state index contributed by atoms with van der Waals surface area (Å²) < 4.78 is 109. The molecule has 1 fully saturated rings. The molecule has 2 aromatic heterocycles. The number of furan rings is 1. The fourth-order valence-electron chi connectivity index (χ4n) is 5.08. The van der Waals surface area contributed by atoms with Crippen molar-refractivity contribution in [3.63, 3.8) is 0 Å². The van der Waals surface area contributed by atoms with Gasteiger partial charge in [-0.05, 0) is 63.2 Å². The fourth-order valence-corrected chi connectivity index (χ4v) is 5.08. The molecule has 0 atom stereocenters. The molecular formula is C30H33F9N4O8. The number of carboxylic acids is 3. The van der Waals surface area contributed by atoms with Crippen molar-refractivity contribution < 1.29 is 78.4 Å². The van der Waals surface area contributed by atoms with Crippen LogP contribution in [0.3, 0.4) is 0 Å². The Labute approximate surface area is 283 Å². The smallest absolute Gasteiger partial charge is 0.490 e. The van der Waals surface area contributed by atoms with E-state index in [1.54, 1.807) is 7.11 Å². The van der Waals surface area contributed by atoms with Crippen LogP contribution in [0.25, 0.3) is 11.3 Å². The van der Waals surface area contributed by atoms with Gasteiger partial charge < -0.3 is 29.0 Å². The highest BCUT2D eigenvalue weighted by atomic mass is 19.4. The average molecular weight is 749 g/mol. The van der Waals surface area contributed by atoms with Crippen molar-refractivity contribution in [1.29, 1.82) is 0 Å². The molecule has 0 aliphatic carbocycles. The molecule has 0 saturated carbocycles. The minimum Gasteiger partial charge on any atom is -0.497 e. The van der Waals surface area contributed by atoms with E-state index in [4.69, 9.17) is 43.8 Å². The number of methoxy groups -OCH3 is 1. The molecule has 1 saturated heterocycles. The lowest BCUT2D eigenvalue weighted by atomic mass is 9.83. The predicted molar refractivity (Wildman–Crippen MR) is 158 cm³/mol. The molecule has 51 heavy (non-hydrogen) atoms. The largest absolute Gasteiger partial charge is 0.497 e. The molecule has 5 rings (SSSR count). The van der Waals surface area contributed by atoms with Crippen LogP contribution in [0.5, 0.6) is 5.75 Å². The zero-order valence-electron chi connectivity index (χ0n) is 27.1. The van der Waals surface area contributed by atoms with Crippen molar-refractivity contribution in [2.45, 2.75) is 56.9 Å². The van der Waals surface area contributed by atoms with Gasteiger partial charge >= 0.3 is 36.4 Å². The second kappa shape index (κ2) is 16.9. The Morgan fingerprint density at radius 2 is 1.27 bits per heavy atom. The summed E-state index contributed by atoms with van der Waals surface area (Å²) in [5.74, 6) is -4.13. The van der Waals surface area contributed by atoms with E-state index in [0.29, 0.717) is 0 Å². The summed E-state index contributed by atoms with van der Waals surface area (Å²) in [6.07, 6.45) is -11.0. The van der Waals surface area contributed by atoms with Gasteiger partial charge in [-0.3, -0.25) is 9.80 Å². The van der Waals surface area contributed by atoms with Crippen molar-refractivity contribution >= 4 is 17.9 Å². The molecule has 4 heterocycles. The monoisotopic (exact) mass is 748 g/mol. The number of alkyl halides is 9. The maximum atomic E-state index is 10.6. The first kappa shape index (κ1) is 42.4. The molecule has 284 valence electrons. The number of hydrogen-bond acceptors (Lipinski definition) is 8. The molecule has 0 radical (unpaired) electrons. The summed E-state index contributed by atoms with van der Waals surface area (Å²) in [5, 5.41) is 21.4. The molecule has 3 N–H and O–H groups in total. The number of carbonyl (C=O) groups is 3. The van der Waals surface area contributed by atoms with Crippen LogP contribution in [0.1, 0.15) is 30.2 Å². The van der Waals surface area contributed by atoms with Crippen LogP contribution in [-0.4, -0.2) is 105 Å². The average Bonchev–Trinajstić information content (AvgIpc) is 3.66. The van der Waals surface area contributed by atoms with E-state index in [0.717, 1.165) is 62.8 Å². The summed E-state index contributed by atoms with van der Waals surface area (Å²) >= 11 is 0. The SMILES string of the molecule is COc1ccc(-c2cnc3n2CCN(C)C32CCN(Cc3ccc(C)o3)CC2)cc1.O=C(O)C(F)(F)F.O=C(O)C(F)(F)F.O=C(O)C(F)(F)F. The zero-order valence-corrected chi connectivity index (χ0v) is 27.1. The quantitative estimate of drug-likeness (QED) is 0.277. The number of rotatable bonds is 4. The van der Waals surface area contributed by atoms with E-state index in [1.165, 1.54) is 17.1 Å². The number of carboxylic acid groups (broad SMARTS) is 3. The van der Waals surface area contributed by atoms with Gasteiger partial charge in [-0.25, -0.2) is 19.4 Å². The molecule has 21 heteroatoms. The Kier molecular flexibility index (Phi) is 14.1. The van der Waals surface area contributed by atoms with Gasteiger partial charge in [0.05, 0.1) is 31.1 Å². The second-order valence-electron chi connectivity index (χ2n) is 11.0. The number of piperidine rings is 1. The minimum atomic E-state index is -5.08. The van der Waals surface area contributed by atoms with E-state index in [1.807, 2.05) is 25.1 Å². The van der Waals surface area contributed by atoms with Gasteiger partial charge in [0.25, 0.3) is 0 Å². The normalized spacial score (nSPS) is 15.9. The van der Waals surface area contributed by atoms with Gasteiger partial charge in [0, 0.05) is 31.7 Å². The number of aromatic nitrogens is 2. The molecule has 3 aromatic rings. The van der Waals surface area contributed by atoms with Crippen molar-refractivity contribution in [2.24, 2.45) is 0 Å². The number of ether oxygens (including phenoxy) is 1. The number of likely N-dealkylation sites (tertiary alicyclic amines) is 1. The Morgan fingerprint density at radius 1 is 0.804 bits per heavy atom. The molecule has 1 spiro atoms. The third-order valence-electron chi connectivity index (χ3n) is 7.63. The zero-order chi connectivity index (χ0) is 38.9. The Hall–Kier alpha value is -4.79. The van der Waals surface area contributed by atoms with Crippen LogP contribution in [0.2, 0.25) is 0 Å². The standard InChI is InChI=1S/C24H30N4O2.3C2HF3O2/c1-18-4-7-21(30-18)17-27-12-10-24(11-13-27)23-25-16-22(28(23)15-14-26(24)2)19-5-8-20(29-3)9-6-19;3*3-2(4,5)1(6)7/h4-9,16H,10-15,17H2,1-3H3;3*(H,6,7). The van der Waals surface area contributed by atoms with Crippen LogP contribution >= 0.6 is 0 Å². The van der Waals surface area contributed by atoms with E-state index in [-0.39, 0.29) is 5.54 Å². The number of fused-ring (bicyclic) bond motifs is 2. The Morgan fingerprint density at radius 3 is 1.67 bits per heavy atom. The highest BCUT2D eigenvalue weighted by Gasteiger charge is 2.46. The third kappa shape index (κ3) is 11.9. The number of hydrogen-bond donors (Lipinski definition) is 3. The number of likely N-dealkylation sites (N-methyl/N-ethyl adjacent to an activating group) is 1. The van der Waals surface area contributed by atoms with Crippen molar-refractivity contribution in [1.82, 2.24) is 19.4 Å². The molecule has 12 nitrogen and oxygen atoms in total. The minimum absolute atomic E-state index is 0.0125. The third-order valence-corrected chi connectivity index (χ3v) is 7.63. The molecule has 0 amide bonds. The summed E-state index contributed by atoms with van der Waals surface area (Å²) in [4.78, 5) is 36.7. The molecule has 2 aliphatic heterocycles. The number of halogens is 9. The Balaban J connectivity index is 0.000000352. The molecule has 2 aliphatic rings. The number of aliphatic carboxylic acids is 3. The van der Waals surface area contributed by atoms with E-state index >= 15 is 0 Å². The maximum absolute atomic E-state index is 10.6. The first-order chi connectivity index (χ1) is 23.4. The fraction of sp³-hybridized carbons (Fsp3) is 0.467. The van der Waals surface area contributed by atoms with Crippen LogP contribution in [-0.2, 0) is 33.0 Å². The van der Waals surface area contributed by atoms with E-state index in [2.05, 4.69) is 45.8 Å². The topological polar surface area (TPSA) is 159 Å². The number of aryl methyl sites for hydroxylation is 1. The van der Waals surface area contributed by atoms with Gasteiger partial charge in [0.1, 0.15) is 23.1 Å². The highest BCUT2D eigenvalue weighted by Crippen LogP contribution is 2.42. The molecular weight excluding hydrogens is 715 g/mol. The molecule has 1 aromatic carbocycles. The lowest BCUT2D eigenvalue weighted by molar-refractivity contribution is -0.193. The van der Waals surface area contributed by atoms with Gasteiger partial charge in [-0.2, -0.15) is 39.5 Å². The highest BCUT2D eigenvalue weighted by molar-refractivity contribution is 5.73. The van der Waals surface area contributed by atoms with Gasteiger partial charge in [0.2, 0.25) is 0 Å². The van der Waals surface area contributed by atoms with Crippen LogP contribution in [0.15, 0.2) is 47.0 Å². The van der Waals surface area contributed by atoms with Gasteiger partial charge in [0.15, 0.2) is 0 Å². The van der Waals surface area contributed by atoms with Crippen molar-refractivity contribution in [3.05, 3.63) is 59.9 Å². The van der Waals surface area contributed by atoms with Crippen LogP contribution < -0.4 is 4.74 Å². The predicted octanol–water partition coefficient (Wildman–Crippen LogP) is 5.80. The maximum Gasteiger partial charge on any atom is 0.490 e. The second-order valence-corrected chi connectivity index (χ2v) is 11.0. The number of benzene rings is 1. The lowest BCUT2D eigenvalue weighted by Crippen LogP contribution is -2.56. The van der Waals surface area contributed by atoms with Crippen molar-refractivity contribution in [3.8, 4) is 17.0 Å². The molecule has 0 bridgehead atoms. The number of imidazole rings is 1. The van der Waals surface area contributed by atoms with E-state index < -0.39 is 36.4 Å². The van der Waals surface area contributed by atoms with Gasteiger partial charge in [-0.1, -0.05) is 0 Å². The first-order valence-corrected chi connectivity index (χ1v) is 14.5. The summed E-state index contributed by atoms with van der Waals surface area (Å²) in [6.45, 7) is 7.02. The van der Waals surface area contributed by atoms with Crippen LogP contribution in [0.4, 0.5) is 39.5 Å². The summed E-state index contributed by atoms with van der Waals surface area (Å²) in [6, 6.07) is 12.4. The van der Waals surface area contributed by atoms with Gasteiger partial charge in [-0.15, -0.1) is 0 Å². The number of nitrogens with zero attached hydrogens (tertiary/aromatic N) is 4. The first-order valence-electron chi connectivity index (χ1n) is 14.5. The summed E-state index contributed by atoms with van der Waals surface area (Å²) in [5.41, 5.74) is 2.41. The molecule has 0 unspecified atom stereocenters. The van der Waals surface area contributed by atoms with E-state index in [9.17, 15) is 39.5 Å². The lowest BCUT2D eigenvalue weighted by Gasteiger charge is -2.49. The Bertz CT molecular complexity index is 1550. The van der Waals surface area contributed by atoms with Crippen molar-refractivity contribution in [2.75, 3.05) is 33.8 Å². The summed E-state index contributed by atoms with van der Waals surface area (Å²) in [7, 11) is 3.96.